The molecule has 1 fully saturated rings. The fraction of sp³-hybridized carbons (Fsp3) is 0.400. The molecular weight excluding hydrogens is 288 g/mol. The van der Waals surface area contributed by atoms with Crippen LogP contribution in [0.25, 0.3) is 0 Å². The number of hydrogen-bond donors (Lipinski definition) is 2. The van der Waals surface area contributed by atoms with Gasteiger partial charge < -0.3 is 20.1 Å². The van der Waals surface area contributed by atoms with Crippen LogP contribution in [0, 0.1) is 5.92 Å². The van der Waals surface area contributed by atoms with Crippen LogP contribution < -0.4 is 15.4 Å². The number of carbonyl (C=O) groups is 3. The summed E-state index contributed by atoms with van der Waals surface area (Å²) in [7, 11) is 1.47. The Morgan fingerprint density at radius 2 is 1.95 bits per heavy atom. The highest BCUT2D eigenvalue weighted by Crippen LogP contribution is 2.30. The minimum Gasteiger partial charge on any atom is -0.495 e. The first-order valence-electron chi connectivity index (χ1n) is 6.91. The van der Waals surface area contributed by atoms with Gasteiger partial charge in [-0.25, -0.2) is 0 Å². The van der Waals surface area contributed by atoms with Crippen LogP contribution in [0.1, 0.15) is 19.8 Å². The van der Waals surface area contributed by atoms with Crippen LogP contribution in [0.5, 0.6) is 5.75 Å². The van der Waals surface area contributed by atoms with Crippen LogP contribution in [-0.2, 0) is 19.1 Å². The molecule has 0 aliphatic heterocycles. The van der Waals surface area contributed by atoms with Crippen LogP contribution in [0.2, 0.25) is 0 Å². The van der Waals surface area contributed by atoms with E-state index >= 15 is 0 Å². The molecule has 1 aliphatic carbocycles. The lowest BCUT2D eigenvalue weighted by molar-refractivity contribution is -0.148. The molecule has 0 bridgehead atoms. The fourth-order valence-electron chi connectivity index (χ4n) is 1.85. The van der Waals surface area contributed by atoms with Gasteiger partial charge >= 0.3 is 5.97 Å². The number of esters is 1. The van der Waals surface area contributed by atoms with Crippen LogP contribution in [0.4, 0.5) is 11.4 Å². The molecule has 2 rings (SSSR count). The number of rotatable bonds is 6. The third kappa shape index (κ3) is 4.47. The highest BCUT2D eigenvalue weighted by Gasteiger charge is 2.31. The van der Waals surface area contributed by atoms with Gasteiger partial charge in [0.25, 0.3) is 5.91 Å². The molecule has 2 amide bonds. The number of nitrogens with one attached hydrogen (secondary N) is 2. The fourth-order valence-corrected chi connectivity index (χ4v) is 1.85. The highest BCUT2D eigenvalue weighted by molar-refractivity contribution is 5.96. The summed E-state index contributed by atoms with van der Waals surface area (Å²) in [5, 5.41) is 5.21. The Labute approximate surface area is 128 Å². The van der Waals surface area contributed by atoms with Crippen LogP contribution in [-0.4, -0.2) is 31.5 Å². The van der Waals surface area contributed by atoms with Crippen LogP contribution >= 0.6 is 0 Å². The monoisotopic (exact) mass is 306 g/mol. The Hall–Kier alpha value is -2.57. The predicted molar refractivity (Wildman–Crippen MR) is 79.6 cm³/mol. The first kappa shape index (κ1) is 15.8. The van der Waals surface area contributed by atoms with Crippen molar-refractivity contribution in [3.63, 3.8) is 0 Å². The Morgan fingerprint density at radius 3 is 2.55 bits per heavy atom. The van der Waals surface area contributed by atoms with Gasteiger partial charge in [0.15, 0.2) is 6.61 Å². The number of ether oxygens (including phenoxy) is 2. The molecule has 1 aromatic rings. The average Bonchev–Trinajstić information content (AvgIpc) is 3.29. The second-order valence-corrected chi connectivity index (χ2v) is 5.03. The first-order valence-corrected chi connectivity index (χ1v) is 6.91. The van der Waals surface area contributed by atoms with E-state index < -0.39 is 5.91 Å². The number of benzene rings is 1. The van der Waals surface area contributed by atoms with E-state index in [4.69, 9.17) is 9.47 Å². The molecule has 2 N–H and O–H groups in total. The number of carbonyl (C=O) groups excluding carboxylic acids is 3. The van der Waals surface area contributed by atoms with Crippen LogP contribution in [0.3, 0.4) is 0 Å². The quantitative estimate of drug-likeness (QED) is 0.778. The topological polar surface area (TPSA) is 93.7 Å². The zero-order valence-corrected chi connectivity index (χ0v) is 12.5. The SMILES string of the molecule is COc1ccc(NC(C)=O)cc1NC(=O)COC(=O)C1CC1. The van der Waals surface area contributed by atoms with Crippen molar-refractivity contribution >= 4 is 29.2 Å². The lowest BCUT2D eigenvalue weighted by Gasteiger charge is -2.12. The average molecular weight is 306 g/mol. The van der Waals surface area contributed by atoms with Crippen molar-refractivity contribution in [1.82, 2.24) is 0 Å². The molecule has 0 spiro atoms. The third-order valence-electron chi connectivity index (χ3n) is 3.05. The number of methoxy groups -OCH3 is 1. The van der Waals surface area contributed by atoms with Crippen molar-refractivity contribution in [2.24, 2.45) is 5.92 Å². The summed E-state index contributed by atoms with van der Waals surface area (Å²) >= 11 is 0. The largest absolute Gasteiger partial charge is 0.495 e. The highest BCUT2D eigenvalue weighted by atomic mass is 16.5. The predicted octanol–water partition coefficient (Wildman–Crippen LogP) is 1.55. The number of hydrogen-bond acceptors (Lipinski definition) is 5. The van der Waals surface area contributed by atoms with Gasteiger partial charge in [-0.2, -0.15) is 0 Å². The summed E-state index contributed by atoms with van der Waals surface area (Å²) in [4.78, 5) is 34.3. The molecular formula is C15H18N2O5. The van der Waals surface area contributed by atoms with E-state index in [1.165, 1.54) is 14.0 Å². The number of anilines is 2. The van der Waals surface area contributed by atoms with Gasteiger partial charge in [0, 0.05) is 12.6 Å². The van der Waals surface area contributed by atoms with E-state index in [9.17, 15) is 14.4 Å². The maximum Gasteiger partial charge on any atom is 0.309 e. The van der Waals surface area contributed by atoms with E-state index in [0.29, 0.717) is 17.1 Å². The lowest BCUT2D eigenvalue weighted by Crippen LogP contribution is -2.21. The Bertz CT molecular complexity index is 596. The van der Waals surface area contributed by atoms with Crippen molar-refractivity contribution in [2.45, 2.75) is 19.8 Å². The lowest BCUT2D eigenvalue weighted by atomic mass is 10.2. The molecule has 0 saturated heterocycles. The standard InChI is InChI=1S/C15H18N2O5/c1-9(18)16-11-5-6-13(21-2)12(7-11)17-14(19)8-22-15(20)10-3-4-10/h5-7,10H,3-4,8H2,1-2H3,(H,16,18)(H,17,19). The minimum absolute atomic E-state index is 0.0505. The second kappa shape index (κ2) is 6.93. The van der Waals surface area contributed by atoms with E-state index in [2.05, 4.69) is 10.6 Å². The maximum absolute atomic E-state index is 11.8. The van der Waals surface area contributed by atoms with Crippen molar-refractivity contribution in [2.75, 3.05) is 24.4 Å². The van der Waals surface area contributed by atoms with Gasteiger partial charge in [0.1, 0.15) is 5.75 Å². The third-order valence-corrected chi connectivity index (χ3v) is 3.05. The minimum atomic E-state index is -0.465. The Balaban J connectivity index is 1.97. The smallest absolute Gasteiger partial charge is 0.309 e. The maximum atomic E-state index is 11.8. The van der Waals surface area contributed by atoms with Gasteiger partial charge in [-0.05, 0) is 31.0 Å². The van der Waals surface area contributed by atoms with Gasteiger partial charge in [0.05, 0.1) is 18.7 Å². The Morgan fingerprint density at radius 1 is 1.23 bits per heavy atom. The second-order valence-electron chi connectivity index (χ2n) is 5.03. The zero-order valence-electron chi connectivity index (χ0n) is 12.5. The molecule has 0 radical (unpaired) electrons. The molecule has 118 valence electrons. The molecule has 0 unspecified atom stereocenters. The molecule has 7 nitrogen and oxygen atoms in total. The van der Waals surface area contributed by atoms with Crippen molar-refractivity contribution < 1.29 is 23.9 Å². The van der Waals surface area contributed by atoms with Crippen molar-refractivity contribution in [3.05, 3.63) is 18.2 Å². The molecule has 7 heteroatoms. The van der Waals surface area contributed by atoms with E-state index in [1.807, 2.05) is 0 Å². The molecule has 1 aromatic carbocycles. The van der Waals surface area contributed by atoms with Crippen LogP contribution in [0.15, 0.2) is 18.2 Å². The molecule has 1 aliphatic rings. The van der Waals surface area contributed by atoms with Gasteiger partial charge in [-0.1, -0.05) is 0 Å². The summed E-state index contributed by atoms with van der Waals surface area (Å²) in [6.45, 7) is 1.04. The normalized spacial score (nSPS) is 13.2. The van der Waals surface area contributed by atoms with E-state index in [0.717, 1.165) is 12.8 Å². The van der Waals surface area contributed by atoms with E-state index in [-0.39, 0.29) is 24.4 Å². The summed E-state index contributed by atoms with van der Waals surface area (Å²) in [6, 6.07) is 4.85. The van der Waals surface area contributed by atoms with E-state index in [1.54, 1.807) is 18.2 Å². The number of amides is 2. The van der Waals surface area contributed by atoms with Crippen molar-refractivity contribution in [3.8, 4) is 5.75 Å². The Kier molecular flexibility index (Phi) is 4.98. The van der Waals surface area contributed by atoms with Gasteiger partial charge in [-0.3, -0.25) is 14.4 Å². The summed E-state index contributed by atoms with van der Waals surface area (Å²) in [5.41, 5.74) is 0.916. The summed E-state index contributed by atoms with van der Waals surface area (Å²) in [5.74, 6) is -0.636. The molecule has 0 heterocycles. The summed E-state index contributed by atoms with van der Waals surface area (Å²) < 4.78 is 10.1. The molecule has 0 atom stereocenters. The van der Waals surface area contributed by atoms with Crippen molar-refractivity contribution in [1.29, 1.82) is 0 Å². The van der Waals surface area contributed by atoms with Gasteiger partial charge in [0.2, 0.25) is 5.91 Å². The molecule has 0 aromatic heterocycles. The first-order chi connectivity index (χ1) is 10.5. The molecule has 1 saturated carbocycles. The summed E-state index contributed by atoms with van der Waals surface area (Å²) in [6.07, 6.45) is 1.65. The van der Waals surface area contributed by atoms with Gasteiger partial charge in [-0.15, -0.1) is 0 Å². The molecule has 22 heavy (non-hydrogen) atoms. The zero-order chi connectivity index (χ0) is 16.1.